The molecule has 1 aliphatic rings. The summed E-state index contributed by atoms with van der Waals surface area (Å²) in [5.41, 5.74) is 0. The van der Waals surface area contributed by atoms with Gasteiger partial charge in [0.2, 0.25) is 0 Å². The van der Waals surface area contributed by atoms with E-state index in [-0.39, 0.29) is 31.0 Å². The zero-order chi connectivity index (χ0) is 44.3. The number of allylic oxidation sites excluding steroid dienone is 11. The molecule has 1 rings (SSSR count). The Kier molecular flexibility index (Phi) is 32.6. The minimum absolute atomic E-state index is 0.0222. The first kappa shape index (κ1) is 55.0. The van der Waals surface area contributed by atoms with Crippen molar-refractivity contribution >= 4 is 25.5 Å². The summed E-state index contributed by atoms with van der Waals surface area (Å²) in [7, 11) is -4.71. The fourth-order valence-electron chi connectivity index (χ4n) is 6.20. The number of aliphatic hydroxyl groups excluding tert-OH is 4. The van der Waals surface area contributed by atoms with Crippen LogP contribution >= 0.6 is 7.82 Å². The number of ketones is 1. The van der Waals surface area contributed by atoms with Gasteiger partial charge in [-0.2, -0.15) is 0 Å². The lowest BCUT2D eigenvalue weighted by Gasteiger charge is -2.20. The smallest absolute Gasteiger partial charge is 0.462 e. The van der Waals surface area contributed by atoms with Gasteiger partial charge in [0.1, 0.15) is 18.5 Å². The number of carbonyl (C=O) groups is 3. The molecule has 0 aromatic carbocycles. The lowest BCUT2D eigenvalue weighted by molar-refractivity contribution is -0.161. The number of phosphoric ester groups is 1. The van der Waals surface area contributed by atoms with Gasteiger partial charge in [-0.15, -0.1) is 0 Å². The van der Waals surface area contributed by atoms with Gasteiger partial charge in [-0.25, -0.2) is 4.57 Å². The third-order valence-corrected chi connectivity index (χ3v) is 10.7. The van der Waals surface area contributed by atoms with Gasteiger partial charge >= 0.3 is 19.8 Å². The monoisotopic (exact) mass is 866 g/mol. The molecule has 0 bridgehead atoms. The summed E-state index contributed by atoms with van der Waals surface area (Å²) in [5.74, 6) is -2.03. The van der Waals surface area contributed by atoms with Crippen molar-refractivity contribution in [2.45, 2.75) is 160 Å². The molecule has 7 atom stereocenters. The number of aliphatic hydroxyl groups is 4. The standard InChI is InChI=1S/C46H75O13P/c1-3-5-7-8-9-10-11-12-13-14-15-16-17-18-19-20-25-29-45(52)56-36-40(37-58-60(54,55)57-35-39(49)34-47)59-46(53)30-26-22-21-24-28-41-42(44(51)33-43(41)50)32-31-38(48)27-23-6-4-2/h9-10,12-13,15-16,18-19,21,24,31-32,38-43,47-50H,3-8,11,14,17,20,22-23,25-30,33-37H2,1-2H3,(H,54,55)/b10-9-,13-12-,16-15-,19-18-,24-21-,32-31+/t38-,39-,40+,41+,42+,43-/m0/s1. The van der Waals surface area contributed by atoms with Crippen LogP contribution < -0.4 is 0 Å². The second kappa shape index (κ2) is 35.6. The molecule has 0 heterocycles. The molecule has 0 saturated heterocycles. The molecule has 13 nitrogen and oxygen atoms in total. The highest BCUT2D eigenvalue weighted by atomic mass is 31.2. The van der Waals surface area contributed by atoms with Gasteiger partial charge in [0, 0.05) is 31.1 Å². The maximum Gasteiger partial charge on any atom is 0.472 e. The number of rotatable bonds is 36. The zero-order valence-corrected chi connectivity index (χ0v) is 37.0. The first-order chi connectivity index (χ1) is 28.9. The van der Waals surface area contributed by atoms with E-state index < -0.39 is 76.5 Å². The Morgan fingerprint density at radius 3 is 1.92 bits per heavy atom. The second-order valence-electron chi connectivity index (χ2n) is 15.1. The van der Waals surface area contributed by atoms with Crippen molar-refractivity contribution < 1.29 is 62.8 Å². The van der Waals surface area contributed by atoms with Gasteiger partial charge in [0.05, 0.1) is 32.0 Å². The van der Waals surface area contributed by atoms with Crippen LogP contribution in [0.3, 0.4) is 0 Å². The van der Waals surface area contributed by atoms with Crippen LogP contribution in [0.1, 0.15) is 136 Å². The Balaban J connectivity index is 2.53. The lowest BCUT2D eigenvalue weighted by Crippen LogP contribution is -2.29. The molecule has 60 heavy (non-hydrogen) atoms. The molecule has 5 N–H and O–H groups in total. The quantitative estimate of drug-likeness (QED) is 0.0174. The summed E-state index contributed by atoms with van der Waals surface area (Å²) in [6.07, 6.45) is 33.8. The third-order valence-electron chi connectivity index (χ3n) is 9.71. The molecule has 1 saturated carbocycles. The van der Waals surface area contributed by atoms with Gasteiger partial charge in [-0.1, -0.05) is 119 Å². The normalized spacial score (nSPS) is 20.1. The van der Waals surface area contributed by atoms with Crippen molar-refractivity contribution in [1.29, 1.82) is 0 Å². The summed E-state index contributed by atoms with van der Waals surface area (Å²) >= 11 is 0. The number of phosphoric acid groups is 1. The van der Waals surface area contributed by atoms with Gasteiger partial charge in [0.15, 0.2) is 6.10 Å². The van der Waals surface area contributed by atoms with Gasteiger partial charge in [-0.05, 0) is 70.6 Å². The van der Waals surface area contributed by atoms with Crippen molar-refractivity contribution in [3.8, 4) is 0 Å². The predicted molar refractivity (Wildman–Crippen MR) is 234 cm³/mol. The molecule has 1 unspecified atom stereocenters. The highest BCUT2D eigenvalue weighted by molar-refractivity contribution is 7.47. The van der Waals surface area contributed by atoms with Gasteiger partial charge < -0.3 is 34.8 Å². The van der Waals surface area contributed by atoms with Crippen LogP contribution in [0.25, 0.3) is 0 Å². The number of esters is 2. The summed E-state index contributed by atoms with van der Waals surface area (Å²) in [4.78, 5) is 47.7. The van der Waals surface area contributed by atoms with E-state index in [0.29, 0.717) is 38.5 Å². The number of carbonyl (C=O) groups excluding carboxylic acids is 3. The Bertz CT molecular complexity index is 1390. The molecule has 1 fully saturated rings. The number of ether oxygens (including phenoxy) is 2. The number of unbranched alkanes of at least 4 members (excludes halogenated alkanes) is 7. The zero-order valence-electron chi connectivity index (χ0n) is 36.1. The second-order valence-corrected chi connectivity index (χ2v) is 16.6. The average Bonchev–Trinajstić information content (AvgIpc) is 3.49. The van der Waals surface area contributed by atoms with E-state index in [2.05, 4.69) is 54.8 Å². The van der Waals surface area contributed by atoms with Crippen LogP contribution in [-0.2, 0) is 37.5 Å². The van der Waals surface area contributed by atoms with E-state index in [1.165, 1.54) is 19.3 Å². The van der Waals surface area contributed by atoms with E-state index in [0.717, 1.165) is 44.9 Å². The molecular formula is C46H75O13P. The molecule has 0 aliphatic heterocycles. The van der Waals surface area contributed by atoms with Crippen molar-refractivity contribution in [3.63, 3.8) is 0 Å². The molecule has 0 radical (unpaired) electrons. The van der Waals surface area contributed by atoms with Crippen LogP contribution in [-0.4, -0.2) is 93.9 Å². The molecule has 0 aromatic heterocycles. The molecule has 0 aromatic rings. The van der Waals surface area contributed by atoms with Gasteiger partial charge in [0.25, 0.3) is 0 Å². The molecule has 0 amide bonds. The van der Waals surface area contributed by atoms with Crippen LogP contribution in [0.2, 0.25) is 0 Å². The summed E-state index contributed by atoms with van der Waals surface area (Å²) < 4.78 is 32.6. The maximum atomic E-state index is 12.7. The highest BCUT2D eigenvalue weighted by Crippen LogP contribution is 2.43. The predicted octanol–water partition coefficient (Wildman–Crippen LogP) is 8.25. The van der Waals surface area contributed by atoms with Gasteiger partial charge in [-0.3, -0.25) is 23.4 Å². The summed E-state index contributed by atoms with van der Waals surface area (Å²) in [6, 6.07) is 0. The third kappa shape index (κ3) is 29.3. The van der Waals surface area contributed by atoms with Crippen molar-refractivity contribution in [3.05, 3.63) is 72.9 Å². The topological polar surface area (TPSA) is 206 Å². The van der Waals surface area contributed by atoms with Crippen LogP contribution in [0.5, 0.6) is 0 Å². The van der Waals surface area contributed by atoms with E-state index in [1.54, 1.807) is 12.2 Å². The number of hydrogen-bond acceptors (Lipinski definition) is 12. The van der Waals surface area contributed by atoms with Crippen molar-refractivity contribution in [2.24, 2.45) is 11.8 Å². The fraction of sp³-hybridized carbons (Fsp3) is 0.674. The van der Waals surface area contributed by atoms with E-state index >= 15 is 0 Å². The molecule has 1 aliphatic carbocycles. The molecule has 342 valence electrons. The van der Waals surface area contributed by atoms with E-state index in [1.807, 2.05) is 24.3 Å². The van der Waals surface area contributed by atoms with Crippen LogP contribution in [0, 0.1) is 11.8 Å². The average molecular weight is 867 g/mol. The number of Topliss-reactive ketones (excluding diaryl/α,β-unsaturated/α-hetero) is 1. The first-order valence-corrected chi connectivity index (χ1v) is 23.5. The Morgan fingerprint density at radius 1 is 0.750 bits per heavy atom. The molecule has 14 heteroatoms. The highest BCUT2D eigenvalue weighted by Gasteiger charge is 2.39. The SMILES string of the molecule is CCCCC/C=C\C/C=C\C/C=C\C/C=C\CCCC(=O)OC[C@H](COP(=O)(O)OC[C@@H](O)CO)OC(=O)CCC/C=C\C[C@H]1[C@@H](O)CC(=O)[C@@H]1/C=C/[C@@H](O)CCCCC. The van der Waals surface area contributed by atoms with Crippen LogP contribution in [0.15, 0.2) is 72.9 Å². The van der Waals surface area contributed by atoms with Crippen molar-refractivity contribution in [2.75, 3.05) is 26.4 Å². The minimum atomic E-state index is -4.71. The molecule has 0 spiro atoms. The van der Waals surface area contributed by atoms with E-state index in [9.17, 15) is 39.2 Å². The summed E-state index contributed by atoms with van der Waals surface area (Å²) in [5, 5.41) is 39.1. The largest absolute Gasteiger partial charge is 0.472 e. The maximum absolute atomic E-state index is 12.7. The van der Waals surface area contributed by atoms with E-state index in [4.69, 9.17) is 19.1 Å². The Morgan fingerprint density at radius 2 is 1.30 bits per heavy atom. The summed E-state index contributed by atoms with van der Waals surface area (Å²) in [6.45, 7) is 1.85. The van der Waals surface area contributed by atoms with Crippen LogP contribution in [0.4, 0.5) is 0 Å². The Labute approximate surface area is 358 Å². The Hall–Kier alpha value is -3.00. The molecular weight excluding hydrogens is 791 g/mol. The van der Waals surface area contributed by atoms with Crippen molar-refractivity contribution in [1.82, 2.24) is 0 Å². The number of hydrogen-bond donors (Lipinski definition) is 5. The lowest BCUT2D eigenvalue weighted by atomic mass is 9.90. The minimum Gasteiger partial charge on any atom is -0.462 e. The fourth-order valence-corrected chi connectivity index (χ4v) is 6.99. The first-order valence-electron chi connectivity index (χ1n) is 22.0.